The van der Waals surface area contributed by atoms with Gasteiger partial charge in [-0.15, -0.1) is 0 Å². The molecule has 4 rings (SSSR count). The van der Waals surface area contributed by atoms with E-state index in [1.807, 2.05) is 0 Å². The number of rotatable bonds is 7. The zero-order valence-electron chi connectivity index (χ0n) is 22.3. The predicted molar refractivity (Wildman–Crippen MR) is 147 cm³/mol. The fraction of sp³-hybridized carbons (Fsp3) is 0.444. The van der Waals surface area contributed by atoms with Gasteiger partial charge in [-0.25, -0.2) is 27.1 Å². The Hall–Kier alpha value is -3.29. The van der Waals surface area contributed by atoms with Gasteiger partial charge < -0.3 is 10.1 Å². The maximum absolute atomic E-state index is 14.3. The molecular weight excluding hydrogens is 582 g/mol. The van der Waals surface area contributed by atoms with Crippen molar-refractivity contribution in [2.75, 3.05) is 18.6 Å². The molecule has 0 bridgehead atoms. The first-order valence-corrected chi connectivity index (χ1v) is 15.0. The molecular formula is C27H31ClF2N4O6S. The molecule has 1 saturated carbocycles. The molecule has 222 valence electrons. The molecule has 1 saturated heterocycles. The van der Waals surface area contributed by atoms with Gasteiger partial charge in [-0.1, -0.05) is 35.9 Å². The van der Waals surface area contributed by atoms with Crippen LogP contribution in [0.15, 0.2) is 53.4 Å². The molecule has 0 aromatic heterocycles. The summed E-state index contributed by atoms with van der Waals surface area (Å²) in [4.78, 5) is 42.8. The van der Waals surface area contributed by atoms with Gasteiger partial charge in [0.2, 0.25) is 21.9 Å². The van der Waals surface area contributed by atoms with Crippen LogP contribution in [-0.4, -0.2) is 62.9 Å². The highest BCUT2D eigenvalue weighted by Gasteiger charge is 2.44. The van der Waals surface area contributed by atoms with Gasteiger partial charge >= 0.3 is 6.09 Å². The summed E-state index contributed by atoms with van der Waals surface area (Å²) in [5, 5.41) is 8.29. The average Bonchev–Trinajstić information content (AvgIpc) is 3.42. The van der Waals surface area contributed by atoms with Crippen LogP contribution >= 0.6 is 11.6 Å². The van der Waals surface area contributed by atoms with Gasteiger partial charge in [0.1, 0.15) is 12.1 Å². The van der Waals surface area contributed by atoms with Crippen LogP contribution in [0.4, 0.5) is 19.3 Å². The number of hydrogen-bond donors (Lipinski definition) is 2. The minimum atomic E-state index is -4.20. The minimum absolute atomic E-state index is 0.00786. The number of amides is 3. The van der Waals surface area contributed by atoms with E-state index in [1.165, 1.54) is 42.3 Å². The molecule has 10 nitrogen and oxygen atoms in total. The number of likely N-dealkylation sites (tertiary alicyclic amines) is 1. The molecule has 3 N–H and O–H groups in total. The summed E-state index contributed by atoms with van der Waals surface area (Å²) in [5.74, 6) is -4.21. The molecule has 2 unspecified atom stereocenters. The lowest BCUT2D eigenvalue weighted by atomic mass is 9.91. The molecule has 1 aliphatic carbocycles. The molecule has 1 heterocycles. The molecule has 2 aliphatic rings. The number of nitrogens with two attached hydrogens (primary N) is 1. The number of anilines is 1. The summed E-state index contributed by atoms with van der Waals surface area (Å²) in [6.07, 6.45) is -0.735. The lowest BCUT2D eigenvalue weighted by Gasteiger charge is -2.37. The Balaban J connectivity index is 1.84. The van der Waals surface area contributed by atoms with Crippen LogP contribution in [-0.2, 0) is 24.3 Å². The van der Waals surface area contributed by atoms with Crippen molar-refractivity contribution < 1.29 is 36.3 Å². The number of carbonyl (C=O) groups is 3. The highest BCUT2D eigenvalue weighted by Crippen LogP contribution is 2.37. The fourth-order valence-corrected chi connectivity index (χ4v) is 6.09. The molecule has 3 amide bonds. The van der Waals surface area contributed by atoms with E-state index < -0.39 is 64.8 Å². The van der Waals surface area contributed by atoms with Gasteiger partial charge in [-0.2, -0.15) is 0 Å². The number of nitrogens with one attached hydrogen (secondary N) is 1. The van der Waals surface area contributed by atoms with E-state index in [-0.39, 0.29) is 47.0 Å². The molecule has 2 atom stereocenters. The summed E-state index contributed by atoms with van der Waals surface area (Å²) in [6.45, 7) is 0.230. The van der Waals surface area contributed by atoms with Crippen LogP contribution in [0.1, 0.15) is 50.1 Å². The number of methoxy groups -OCH3 is 1. The van der Waals surface area contributed by atoms with E-state index in [0.717, 1.165) is 11.0 Å². The van der Waals surface area contributed by atoms with Crippen molar-refractivity contribution in [1.82, 2.24) is 10.2 Å². The number of ether oxygens (including phenoxy) is 1. The first-order valence-electron chi connectivity index (χ1n) is 13.1. The molecule has 0 spiro atoms. The van der Waals surface area contributed by atoms with E-state index in [4.69, 9.17) is 21.5 Å². The average molecular weight is 613 g/mol. The van der Waals surface area contributed by atoms with Crippen molar-refractivity contribution in [3.05, 3.63) is 59.1 Å². The van der Waals surface area contributed by atoms with Gasteiger partial charge in [0, 0.05) is 41.7 Å². The maximum Gasteiger partial charge on any atom is 0.410 e. The van der Waals surface area contributed by atoms with E-state index in [9.17, 15) is 31.6 Å². The first kappa shape index (κ1) is 30.7. The molecule has 2 aromatic carbocycles. The molecule has 2 aromatic rings. The van der Waals surface area contributed by atoms with Crippen molar-refractivity contribution in [2.45, 2.75) is 67.5 Å². The second-order valence-electron chi connectivity index (χ2n) is 10.1. The minimum Gasteiger partial charge on any atom is -0.453 e. The first-order chi connectivity index (χ1) is 19.3. The summed E-state index contributed by atoms with van der Waals surface area (Å²) in [6, 6.07) is 8.44. The Morgan fingerprint density at radius 2 is 1.80 bits per heavy atom. The van der Waals surface area contributed by atoms with Crippen molar-refractivity contribution in [3.63, 3.8) is 0 Å². The summed E-state index contributed by atoms with van der Waals surface area (Å²) >= 11 is 6.53. The Labute approximate surface area is 241 Å². The van der Waals surface area contributed by atoms with Crippen LogP contribution in [0.5, 0.6) is 0 Å². The summed E-state index contributed by atoms with van der Waals surface area (Å²) < 4.78 is 56.9. The fourth-order valence-electron chi connectivity index (χ4n) is 5.29. The van der Waals surface area contributed by atoms with Crippen molar-refractivity contribution in [1.29, 1.82) is 0 Å². The Morgan fingerprint density at radius 3 is 2.44 bits per heavy atom. The maximum atomic E-state index is 14.3. The number of benzene rings is 2. The number of sulfonamides is 1. The van der Waals surface area contributed by atoms with E-state index in [2.05, 4.69) is 5.32 Å². The number of alkyl halides is 2. The molecule has 0 radical (unpaired) electrons. The Morgan fingerprint density at radius 1 is 1.12 bits per heavy atom. The highest BCUT2D eigenvalue weighted by atomic mass is 35.5. The number of carbonyl (C=O) groups excluding carboxylic acids is 3. The third-order valence-corrected chi connectivity index (χ3v) is 8.63. The lowest BCUT2D eigenvalue weighted by molar-refractivity contribution is -0.129. The van der Waals surface area contributed by atoms with Crippen LogP contribution in [0.25, 0.3) is 0 Å². The van der Waals surface area contributed by atoms with Gasteiger partial charge in [0.25, 0.3) is 5.91 Å². The van der Waals surface area contributed by atoms with Crippen LogP contribution in [0, 0.1) is 0 Å². The van der Waals surface area contributed by atoms with Gasteiger partial charge in [-0.3, -0.25) is 19.4 Å². The van der Waals surface area contributed by atoms with Gasteiger partial charge in [0.05, 0.1) is 12.0 Å². The third-order valence-electron chi connectivity index (χ3n) is 7.38. The number of halogens is 3. The SMILES string of the molecule is COC(=O)N1CCCC1C(=O)N(c1cccc(S(N)(=O)=O)c1)C(C(=O)NC1CCC(F)(F)CC1)c1ccccc1Cl. The van der Waals surface area contributed by atoms with Crippen LogP contribution in [0.2, 0.25) is 5.02 Å². The Bertz CT molecular complexity index is 1420. The van der Waals surface area contributed by atoms with Gasteiger partial charge in [-0.05, 0) is 49.9 Å². The van der Waals surface area contributed by atoms with Crippen molar-refractivity contribution >= 4 is 45.2 Å². The zero-order valence-corrected chi connectivity index (χ0v) is 23.8. The zero-order chi connectivity index (χ0) is 29.9. The van der Waals surface area contributed by atoms with E-state index in [0.29, 0.717) is 6.42 Å². The number of hydrogen-bond acceptors (Lipinski definition) is 6. The number of nitrogens with zero attached hydrogens (tertiary/aromatic N) is 2. The highest BCUT2D eigenvalue weighted by molar-refractivity contribution is 7.89. The largest absolute Gasteiger partial charge is 0.453 e. The quantitative estimate of drug-likeness (QED) is 0.485. The van der Waals surface area contributed by atoms with Crippen molar-refractivity contribution in [3.8, 4) is 0 Å². The monoisotopic (exact) mass is 612 g/mol. The third kappa shape index (κ3) is 6.96. The molecule has 2 fully saturated rings. The summed E-state index contributed by atoms with van der Waals surface area (Å²) in [7, 11) is -3.02. The number of primary sulfonamides is 1. The van der Waals surface area contributed by atoms with Crippen LogP contribution in [0.3, 0.4) is 0 Å². The van der Waals surface area contributed by atoms with E-state index in [1.54, 1.807) is 12.1 Å². The summed E-state index contributed by atoms with van der Waals surface area (Å²) in [5.41, 5.74) is 0.221. The van der Waals surface area contributed by atoms with Crippen LogP contribution < -0.4 is 15.4 Å². The topological polar surface area (TPSA) is 139 Å². The standard InChI is InChI=1S/C27H31ClF2N4O6S/c1-40-26(37)33-15-5-10-22(33)25(36)34(18-6-4-7-19(16-18)41(31,38)39)23(20-8-2-3-9-21(20)28)24(35)32-17-11-13-27(29,30)14-12-17/h2-4,6-9,16-17,22-23H,5,10-15H2,1H3,(H,32,35)(H2,31,38,39). The second-order valence-corrected chi connectivity index (χ2v) is 12.1. The molecule has 14 heteroatoms. The normalized spacial score (nSPS) is 19.8. The van der Waals surface area contributed by atoms with Crippen molar-refractivity contribution in [2.24, 2.45) is 5.14 Å². The molecule has 1 aliphatic heterocycles. The van der Waals surface area contributed by atoms with Gasteiger partial charge in [0.15, 0.2) is 0 Å². The second kappa shape index (κ2) is 12.3. The Kier molecular flexibility index (Phi) is 9.19. The molecule has 41 heavy (non-hydrogen) atoms. The predicted octanol–water partition coefficient (Wildman–Crippen LogP) is 3.99. The van der Waals surface area contributed by atoms with E-state index >= 15 is 0 Å². The smallest absolute Gasteiger partial charge is 0.410 e. The lowest BCUT2D eigenvalue weighted by Crippen LogP contribution is -2.53.